The van der Waals surface area contributed by atoms with Crippen LogP contribution in [0.4, 0.5) is 0 Å². The molecular weight excluding hydrogens is 466 g/mol. The first-order valence-electron chi connectivity index (χ1n) is 10.6. The van der Waals surface area contributed by atoms with Crippen LogP contribution in [-0.4, -0.2) is 62.8 Å². The Labute approximate surface area is 198 Å². The fourth-order valence-electron chi connectivity index (χ4n) is 3.90. The van der Waals surface area contributed by atoms with Crippen molar-refractivity contribution in [2.75, 3.05) is 6.61 Å². The summed E-state index contributed by atoms with van der Waals surface area (Å²) in [6, 6.07) is 9.36. The molecule has 0 unspecified atom stereocenters. The molecule has 0 amide bonds. The third kappa shape index (κ3) is 5.12. The summed E-state index contributed by atoms with van der Waals surface area (Å²) in [4.78, 5) is 51.9. The molecular formula is C22H23N3O8S. The number of thioether (sulfide) groups is 1. The maximum absolute atomic E-state index is 12.6. The highest BCUT2D eigenvalue weighted by atomic mass is 32.2. The van der Waals surface area contributed by atoms with Gasteiger partial charge >= 0.3 is 17.9 Å². The van der Waals surface area contributed by atoms with Crippen molar-refractivity contribution in [3.05, 3.63) is 51.9 Å². The number of esters is 3. The number of hydrogen-bond donors (Lipinski definition) is 0. The Morgan fingerprint density at radius 3 is 2.35 bits per heavy atom. The molecule has 0 spiro atoms. The van der Waals surface area contributed by atoms with Gasteiger partial charge in [-0.25, -0.2) is 4.68 Å². The molecule has 180 valence electrons. The monoisotopic (exact) mass is 489 g/mol. The quantitative estimate of drug-likeness (QED) is 0.425. The van der Waals surface area contributed by atoms with Gasteiger partial charge in [0.25, 0.3) is 5.56 Å². The SMILES string of the molecule is CC(=O)OC[C@H]1O[C@@H]2[C@@H](Sc3nc(=O)c(Cc4ccccc4)nn32)[C@@H](OC(C)=O)[C@@H]1OC(C)=O. The largest absolute Gasteiger partial charge is 0.463 e. The number of rotatable bonds is 6. The molecule has 11 nitrogen and oxygen atoms in total. The Kier molecular flexibility index (Phi) is 6.98. The van der Waals surface area contributed by atoms with Crippen LogP contribution >= 0.6 is 11.8 Å². The summed E-state index contributed by atoms with van der Waals surface area (Å²) < 4.78 is 23.7. The number of ether oxygens (including phenoxy) is 4. The van der Waals surface area contributed by atoms with Gasteiger partial charge in [-0.3, -0.25) is 19.2 Å². The molecule has 1 aromatic heterocycles. The number of aromatic nitrogens is 3. The molecule has 0 radical (unpaired) electrons. The minimum Gasteiger partial charge on any atom is -0.463 e. The summed E-state index contributed by atoms with van der Waals surface area (Å²) in [6.45, 7) is 3.45. The van der Waals surface area contributed by atoms with E-state index in [4.69, 9.17) is 18.9 Å². The fraction of sp³-hybridized carbons (Fsp3) is 0.455. The normalized spacial score (nSPS) is 25.1. The van der Waals surface area contributed by atoms with Crippen LogP contribution in [0.2, 0.25) is 0 Å². The van der Waals surface area contributed by atoms with Crippen LogP contribution in [0, 0.1) is 0 Å². The number of fused-ring (bicyclic) bond motifs is 3. The van der Waals surface area contributed by atoms with E-state index in [9.17, 15) is 19.2 Å². The predicted octanol–water partition coefficient (Wildman–Crippen LogP) is 1.03. The smallest absolute Gasteiger partial charge is 0.303 e. The van der Waals surface area contributed by atoms with Crippen molar-refractivity contribution in [1.82, 2.24) is 14.8 Å². The maximum Gasteiger partial charge on any atom is 0.303 e. The number of carbonyl (C=O) groups excluding carboxylic acids is 3. The van der Waals surface area contributed by atoms with Gasteiger partial charge in [0.2, 0.25) is 0 Å². The highest BCUT2D eigenvalue weighted by Crippen LogP contribution is 2.46. The molecule has 3 heterocycles. The van der Waals surface area contributed by atoms with Gasteiger partial charge < -0.3 is 18.9 Å². The molecule has 0 saturated carbocycles. The summed E-state index contributed by atoms with van der Waals surface area (Å²) in [5, 5.41) is 4.18. The first kappa shape index (κ1) is 23.9. The summed E-state index contributed by atoms with van der Waals surface area (Å²) in [7, 11) is 0. The molecule has 2 aliphatic rings. The second kappa shape index (κ2) is 9.94. The van der Waals surface area contributed by atoms with Gasteiger partial charge in [0.05, 0.1) is 0 Å². The molecule has 34 heavy (non-hydrogen) atoms. The first-order chi connectivity index (χ1) is 16.2. The van der Waals surface area contributed by atoms with Gasteiger partial charge in [0, 0.05) is 27.2 Å². The van der Waals surface area contributed by atoms with Crippen LogP contribution in [0.1, 0.15) is 38.3 Å². The van der Waals surface area contributed by atoms with E-state index in [1.165, 1.54) is 25.5 Å². The van der Waals surface area contributed by atoms with E-state index in [0.29, 0.717) is 0 Å². The van der Waals surface area contributed by atoms with Gasteiger partial charge in [-0.05, 0) is 5.56 Å². The third-order valence-electron chi connectivity index (χ3n) is 5.23. The van der Waals surface area contributed by atoms with Gasteiger partial charge in [0.15, 0.2) is 23.6 Å². The Balaban J connectivity index is 1.70. The van der Waals surface area contributed by atoms with Gasteiger partial charge in [-0.15, -0.1) is 0 Å². The molecule has 12 heteroatoms. The van der Waals surface area contributed by atoms with Crippen molar-refractivity contribution in [2.24, 2.45) is 0 Å². The van der Waals surface area contributed by atoms with E-state index >= 15 is 0 Å². The van der Waals surface area contributed by atoms with Crippen molar-refractivity contribution in [3.63, 3.8) is 0 Å². The van der Waals surface area contributed by atoms with Crippen LogP contribution in [0.3, 0.4) is 0 Å². The van der Waals surface area contributed by atoms with Crippen molar-refractivity contribution in [2.45, 2.75) is 62.1 Å². The first-order valence-corrected chi connectivity index (χ1v) is 11.4. The molecule has 1 saturated heterocycles. The number of hydrogen-bond acceptors (Lipinski definition) is 11. The molecule has 0 N–H and O–H groups in total. The highest BCUT2D eigenvalue weighted by Gasteiger charge is 2.55. The second-order valence-corrected chi connectivity index (χ2v) is 9.00. The minimum atomic E-state index is -1.04. The second-order valence-electron chi connectivity index (χ2n) is 7.85. The third-order valence-corrected chi connectivity index (χ3v) is 6.49. The Morgan fingerprint density at radius 1 is 1.03 bits per heavy atom. The molecule has 0 aliphatic carbocycles. The van der Waals surface area contributed by atoms with Crippen LogP contribution in [0.5, 0.6) is 0 Å². The van der Waals surface area contributed by atoms with Crippen LogP contribution in [0.15, 0.2) is 40.3 Å². The van der Waals surface area contributed by atoms with E-state index in [1.807, 2.05) is 30.3 Å². The van der Waals surface area contributed by atoms with Crippen molar-refractivity contribution in [1.29, 1.82) is 0 Å². The molecule has 1 aromatic carbocycles. The van der Waals surface area contributed by atoms with Crippen molar-refractivity contribution in [3.8, 4) is 0 Å². The van der Waals surface area contributed by atoms with E-state index in [1.54, 1.807) is 0 Å². The Hall–Kier alpha value is -3.25. The average molecular weight is 490 g/mol. The van der Waals surface area contributed by atoms with Crippen LogP contribution in [0.25, 0.3) is 0 Å². The Morgan fingerprint density at radius 2 is 1.71 bits per heavy atom. The lowest BCUT2D eigenvalue weighted by Crippen LogP contribution is -2.57. The zero-order valence-electron chi connectivity index (χ0n) is 18.7. The van der Waals surface area contributed by atoms with Gasteiger partial charge in [0.1, 0.15) is 23.7 Å². The highest BCUT2D eigenvalue weighted by molar-refractivity contribution is 8.00. The van der Waals surface area contributed by atoms with Gasteiger partial charge in [-0.1, -0.05) is 42.1 Å². The zero-order valence-corrected chi connectivity index (χ0v) is 19.5. The lowest BCUT2D eigenvalue weighted by atomic mass is 9.99. The molecule has 2 aliphatic heterocycles. The number of nitrogens with zero attached hydrogens (tertiary/aromatic N) is 3. The number of benzene rings is 1. The van der Waals surface area contributed by atoms with E-state index in [0.717, 1.165) is 17.3 Å². The topological polar surface area (TPSA) is 136 Å². The molecule has 5 atom stereocenters. The van der Waals surface area contributed by atoms with E-state index in [2.05, 4.69) is 10.1 Å². The summed E-state index contributed by atoms with van der Waals surface area (Å²) in [5.74, 6) is -1.76. The lowest BCUT2D eigenvalue weighted by Gasteiger charge is -2.42. The van der Waals surface area contributed by atoms with Crippen molar-refractivity contribution >= 4 is 29.7 Å². The predicted molar refractivity (Wildman–Crippen MR) is 117 cm³/mol. The van der Waals surface area contributed by atoms with Crippen molar-refractivity contribution < 1.29 is 33.3 Å². The van der Waals surface area contributed by atoms with Crippen LogP contribution < -0.4 is 5.56 Å². The molecule has 4 rings (SSSR count). The zero-order chi connectivity index (χ0) is 24.4. The number of carbonyl (C=O) groups is 3. The average Bonchev–Trinajstić information content (AvgIpc) is 3.11. The standard InChI is InChI=1S/C22H23N3O8S/c1-11(26)30-10-16-17(31-12(2)27)18(32-13(3)28)19-21(33-16)25-22(34-19)23-20(29)15(24-25)9-14-7-5-4-6-8-14/h4-8,16-19,21H,9-10H2,1-3H3/t16-,17-,18+,19+,21-/m1/s1. The van der Waals surface area contributed by atoms with Gasteiger partial charge in [-0.2, -0.15) is 10.1 Å². The minimum absolute atomic E-state index is 0.225. The lowest BCUT2D eigenvalue weighted by molar-refractivity contribution is -0.225. The summed E-state index contributed by atoms with van der Waals surface area (Å²) in [5.41, 5.74) is 0.641. The maximum atomic E-state index is 12.6. The molecule has 1 fully saturated rings. The van der Waals surface area contributed by atoms with Crippen LogP contribution in [-0.2, 0) is 39.8 Å². The molecule has 0 bridgehead atoms. The summed E-state index contributed by atoms with van der Waals surface area (Å²) in [6.07, 6.45) is -3.47. The Bertz CT molecular complexity index is 1150. The summed E-state index contributed by atoms with van der Waals surface area (Å²) >= 11 is 1.14. The molecule has 2 aromatic rings. The van der Waals surface area contributed by atoms with E-state index in [-0.39, 0.29) is 23.9 Å². The fourth-order valence-corrected chi connectivity index (χ4v) is 5.17. The van der Waals surface area contributed by atoms with E-state index < -0.39 is 53.3 Å².